The van der Waals surface area contributed by atoms with E-state index >= 15 is 0 Å². The molecule has 226 valence electrons. The van der Waals surface area contributed by atoms with E-state index in [4.69, 9.17) is 9.47 Å². The maximum Gasteiger partial charge on any atom is 0.190 e. The molecular formula is C30H53NO8. The molecule has 0 radical (unpaired) electrons. The maximum absolute atomic E-state index is 12.8. The highest BCUT2D eigenvalue weighted by Gasteiger charge is 2.44. The van der Waals surface area contributed by atoms with E-state index in [1.54, 1.807) is 0 Å². The van der Waals surface area contributed by atoms with Gasteiger partial charge >= 0.3 is 0 Å². The number of carbonyl (C=O) groups is 2. The lowest BCUT2D eigenvalue weighted by Gasteiger charge is -2.39. The molecule has 9 nitrogen and oxygen atoms in total. The van der Waals surface area contributed by atoms with Crippen molar-refractivity contribution in [2.75, 3.05) is 20.3 Å². The Balaban J connectivity index is 1.40. The fraction of sp³-hybridized carbons (Fsp3) is 0.867. The van der Waals surface area contributed by atoms with Gasteiger partial charge in [0, 0.05) is 25.3 Å². The lowest BCUT2D eigenvalue weighted by Crippen LogP contribution is -2.59. The Bertz CT molecular complexity index is 785. The second-order valence-electron chi connectivity index (χ2n) is 11.5. The Morgan fingerprint density at radius 3 is 1.90 bits per heavy atom. The molecule has 0 aromatic heterocycles. The fourth-order valence-electron chi connectivity index (χ4n) is 5.43. The normalized spacial score (nSPS) is 28.4. The molecule has 9 heteroatoms. The van der Waals surface area contributed by atoms with Gasteiger partial charge in [-0.15, -0.1) is 0 Å². The molecule has 1 fully saturated rings. The molecule has 1 saturated heterocycles. The molecule has 0 amide bonds. The highest BCUT2D eigenvalue weighted by molar-refractivity contribution is 6.24. The molecule has 39 heavy (non-hydrogen) atoms. The number of carbonyl (C=O) groups excluding carboxylic acids is 2. The molecule has 2 aliphatic rings. The van der Waals surface area contributed by atoms with Gasteiger partial charge in [0.25, 0.3) is 0 Å². The number of nitrogens with zero attached hydrogens (tertiary/aromatic N) is 1. The topological polar surface area (TPSA) is 137 Å². The summed E-state index contributed by atoms with van der Waals surface area (Å²) in [6, 6.07) is -0.233. The Kier molecular flexibility index (Phi) is 15.1. The van der Waals surface area contributed by atoms with E-state index in [0.29, 0.717) is 12.2 Å². The van der Waals surface area contributed by atoms with Crippen LogP contribution in [0.2, 0.25) is 0 Å². The van der Waals surface area contributed by atoms with Gasteiger partial charge in [0.1, 0.15) is 24.4 Å². The summed E-state index contributed by atoms with van der Waals surface area (Å²) in [4.78, 5) is 27.1. The molecule has 4 N–H and O–H groups in total. The van der Waals surface area contributed by atoms with Crippen LogP contribution in [-0.4, -0.2) is 93.9 Å². The molecule has 7 unspecified atom stereocenters. The van der Waals surface area contributed by atoms with Gasteiger partial charge in [0.05, 0.1) is 18.2 Å². The van der Waals surface area contributed by atoms with Crippen LogP contribution in [0.4, 0.5) is 0 Å². The first kappa shape index (κ1) is 33.8. The van der Waals surface area contributed by atoms with E-state index in [-0.39, 0.29) is 23.5 Å². The van der Waals surface area contributed by atoms with E-state index in [1.165, 1.54) is 44.9 Å². The molecule has 2 rings (SSSR count). The monoisotopic (exact) mass is 555 g/mol. The molecule has 0 spiro atoms. The van der Waals surface area contributed by atoms with Crippen molar-refractivity contribution in [3.8, 4) is 0 Å². The van der Waals surface area contributed by atoms with Crippen LogP contribution < -0.4 is 0 Å². The number of ketones is 2. The van der Waals surface area contributed by atoms with E-state index in [2.05, 4.69) is 0 Å². The number of allylic oxidation sites excluding steroid dienone is 1. The van der Waals surface area contributed by atoms with E-state index < -0.39 is 37.3 Å². The average molecular weight is 556 g/mol. The van der Waals surface area contributed by atoms with Crippen LogP contribution in [0.15, 0.2) is 11.3 Å². The van der Waals surface area contributed by atoms with Crippen LogP contribution in [-0.2, 0) is 19.1 Å². The molecule has 0 aromatic carbocycles. The number of ether oxygens (including phenoxy) is 2. The minimum atomic E-state index is -1.40. The van der Waals surface area contributed by atoms with E-state index in [9.17, 15) is 30.0 Å². The third kappa shape index (κ3) is 9.90. The molecule has 0 bridgehead atoms. The van der Waals surface area contributed by atoms with Crippen molar-refractivity contribution < 1.29 is 39.5 Å². The summed E-state index contributed by atoms with van der Waals surface area (Å²) in [6.07, 6.45) is 8.42. The van der Waals surface area contributed by atoms with Gasteiger partial charge < -0.3 is 34.8 Å². The van der Waals surface area contributed by atoms with Crippen molar-refractivity contribution in [3.05, 3.63) is 11.3 Å². The summed E-state index contributed by atoms with van der Waals surface area (Å²) in [6.45, 7) is 5.61. The Hall–Kier alpha value is -1.36. The number of Topliss-reactive ketones (excluding diaryl/α,β-unsaturated/α-hetero) is 2. The quantitative estimate of drug-likeness (QED) is 0.140. The predicted octanol–water partition coefficient (Wildman–Crippen LogP) is 3.26. The highest BCUT2D eigenvalue weighted by atomic mass is 16.7. The first-order valence-electron chi connectivity index (χ1n) is 15.1. The highest BCUT2D eigenvalue weighted by Crippen LogP contribution is 2.28. The number of unbranched alkanes of at least 4 members (excludes halogenated alkanes) is 11. The number of hydrogen-bond donors (Lipinski definition) is 4. The zero-order valence-electron chi connectivity index (χ0n) is 24.5. The fourth-order valence-corrected chi connectivity index (χ4v) is 5.43. The third-order valence-electron chi connectivity index (χ3n) is 8.45. The molecule has 7 atom stereocenters. The van der Waals surface area contributed by atoms with Crippen molar-refractivity contribution in [1.29, 1.82) is 0 Å². The summed E-state index contributed by atoms with van der Waals surface area (Å²) in [5, 5.41) is 38.8. The van der Waals surface area contributed by atoms with Gasteiger partial charge in [0.15, 0.2) is 17.9 Å². The van der Waals surface area contributed by atoms with Crippen LogP contribution >= 0.6 is 0 Å². The Labute approximate surface area is 234 Å². The zero-order chi connectivity index (χ0) is 28.9. The smallest absolute Gasteiger partial charge is 0.190 e. The van der Waals surface area contributed by atoms with Crippen molar-refractivity contribution in [1.82, 2.24) is 4.90 Å². The number of rotatable bonds is 19. The maximum atomic E-state index is 12.8. The number of likely N-dealkylation sites (N-methyl/N-ethyl adjacent to an activating group) is 1. The number of aliphatic hydroxyl groups excluding tert-OH is 4. The molecular weight excluding hydrogens is 502 g/mol. The van der Waals surface area contributed by atoms with Gasteiger partial charge in [-0.1, -0.05) is 77.6 Å². The van der Waals surface area contributed by atoms with Gasteiger partial charge in [-0.2, -0.15) is 0 Å². The van der Waals surface area contributed by atoms with Crippen molar-refractivity contribution >= 4 is 11.6 Å². The summed E-state index contributed by atoms with van der Waals surface area (Å²) < 4.78 is 10.9. The van der Waals surface area contributed by atoms with Gasteiger partial charge in [0.2, 0.25) is 0 Å². The summed E-state index contributed by atoms with van der Waals surface area (Å²) in [5.74, 6) is -0.125. The van der Waals surface area contributed by atoms with Gasteiger partial charge in [-0.25, -0.2) is 0 Å². The summed E-state index contributed by atoms with van der Waals surface area (Å²) in [7, 11) is 1.87. The van der Waals surface area contributed by atoms with Gasteiger partial charge in [-0.05, 0) is 26.7 Å². The second-order valence-corrected chi connectivity index (χ2v) is 11.5. The Morgan fingerprint density at radius 2 is 1.41 bits per heavy atom. The summed E-state index contributed by atoms with van der Waals surface area (Å²) in [5.41, 5.74) is 1.23. The number of aliphatic hydroxyl groups is 4. The predicted molar refractivity (Wildman–Crippen MR) is 149 cm³/mol. The van der Waals surface area contributed by atoms with Crippen LogP contribution in [0, 0.1) is 5.92 Å². The second kappa shape index (κ2) is 17.5. The number of hydrogen-bond acceptors (Lipinski definition) is 9. The lowest BCUT2D eigenvalue weighted by molar-refractivity contribution is -0.301. The van der Waals surface area contributed by atoms with E-state index in [0.717, 1.165) is 44.2 Å². The Morgan fingerprint density at radius 1 is 0.897 bits per heavy atom. The largest absolute Gasteiger partial charge is 0.394 e. The first-order valence-corrected chi connectivity index (χ1v) is 15.1. The first-order chi connectivity index (χ1) is 18.6. The molecule has 0 aliphatic carbocycles. The summed E-state index contributed by atoms with van der Waals surface area (Å²) >= 11 is 0. The van der Waals surface area contributed by atoms with Crippen LogP contribution in [0.5, 0.6) is 0 Å². The minimum Gasteiger partial charge on any atom is -0.394 e. The average Bonchev–Trinajstić information content (AvgIpc) is 3.12. The van der Waals surface area contributed by atoms with Crippen LogP contribution in [0.25, 0.3) is 0 Å². The van der Waals surface area contributed by atoms with Crippen molar-refractivity contribution in [3.63, 3.8) is 0 Å². The van der Waals surface area contributed by atoms with Crippen LogP contribution in [0.3, 0.4) is 0 Å². The lowest BCUT2D eigenvalue weighted by atomic mass is 9.91. The molecule has 0 aromatic rings. The van der Waals surface area contributed by atoms with Crippen LogP contribution in [0.1, 0.15) is 104 Å². The van der Waals surface area contributed by atoms with Gasteiger partial charge in [-0.3, -0.25) is 9.59 Å². The third-order valence-corrected chi connectivity index (χ3v) is 8.45. The van der Waals surface area contributed by atoms with E-state index in [1.807, 2.05) is 32.7 Å². The molecule has 0 saturated carbocycles. The molecule has 2 heterocycles. The minimum absolute atomic E-state index is 0.00929. The SMILES string of the molecule is CC1=C(C(=O)C(C)CCCCCCCCCCCCCCOC2OC(CO)C(O)C(O)C2O)C(=O)C(C)N1C. The van der Waals surface area contributed by atoms with Crippen molar-refractivity contribution in [2.24, 2.45) is 5.92 Å². The zero-order valence-corrected chi connectivity index (χ0v) is 24.5. The van der Waals surface area contributed by atoms with Crippen molar-refractivity contribution in [2.45, 2.75) is 141 Å². The standard InChI is InChI=1S/C30H53NO8/c1-20(25(33)24-21(2)31(4)22(3)26(24)34)17-15-13-11-9-7-5-6-8-10-12-14-16-18-38-30-29(37)28(36)27(35)23(19-32)39-30/h20,22-23,27-30,32,35-37H,5-19H2,1-4H3. The molecule has 2 aliphatic heterocycles.